The van der Waals surface area contributed by atoms with Crippen LogP contribution in [0.5, 0.6) is 5.75 Å². The fraction of sp³-hybridized carbons (Fsp3) is 0.357. The van der Waals surface area contributed by atoms with Crippen molar-refractivity contribution in [2.45, 2.75) is 20.1 Å². The van der Waals surface area contributed by atoms with E-state index in [-0.39, 0.29) is 11.6 Å². The first-order valence-corrected chi connectivity index (χ1v) is 6.28. The second-order valence-corrected chi connectivity index (χ2v) is 4.33. The molecule has 0 spiro atoms. The van der Waals surface area contributed by atoms with E-state index in [1.54, 1.807) is 18.6 Å². The number of rotatable bonds is 6. The fourth-order valence-corrected chi connectivity index (χ4v) is 1.72. The number of hydrogen-bond acceptors (Lipinski definition) is 3. The molecule has 0 atom stereocenters. The molecular weight excluding hydrogens is 245 g/mol. The first kappa shape index (κ1) is 13.5. The average Bonchev–Trinajstić information content (AvgIpc) is 2.81. The van der Waals surface area contributed by atoms with Gasteiger partial charge < -0.3 is 14.6 Å². The van der Waals surface area contributed by atoms with Crippen molar-refractivity contribution < 1.29 is 9.13 Å². The van der Waals surface area contributed by atoms with Gasteiger partial charge in [0.1, 0.15) is 6.61 Å². The van der Waals surface area contributed by atoms with Crippen molar-refractivity contribution in [3.63, 3.8) is 0 Å². The highest BCUT2D eigenvalue weighted by Crippen LogP contribution is 2.19. The summed E-state index contributed by atoms with van der Waals surface area (Å²) in [5.41, 5.74) is 1.81. The van der Waals surface area contributed by atoms with E-state index in [2.05, 4.69) is 10.3 Å². The van der Waals surface area contributed by atoms with Gasteiger partial charge in [-0.15, -0.1) is 0 Å². The van der Waals surface area contributed by atoms with Crippen LogP contribution in [0.15, 0.2) is 30.7 Å². The van der Waals surface area contributed by atoms with Crippen molar-refractivity contribution >= 4 is 0 Å². The summed E-state index contributed by atoms with van der Waals surface area (Å²) < 4.78 is 21.1. The maximum atomic E-state index is 13.8. The number of aromatic nitrogens is 2. The number of ether oxygens (including phenoxy) is 1. The van der Waals surface area contributed by atoms with Crippen molar-refractivity contribution in [2.24, 2.45) is 7.05 Å². The van der Waals surface area contributed by atoms with Crippen LogP contribution in [-0.2, 0) is 20.2 Å². The van der Waals surface area contributed by atoms with Crippen LogP contribution in [0.3, 0.4) is 0 Å². The van der Waals surface area contributed by atoms with Gasteiger partial charge in [-0.3, -0.25) is 0 Å². The third-order valence-corrected chi connectivity index (χ3v) is 2.87. The van der Waals surface area contributed by atoms with E-state index < -0.39 is 0 Å². The quantitative estimate of drug-likeness (QED) is 0.868. The van der Waals surface area contributed by atoms with Gasteiger partial charge in [0.05, 0.1) is 18.2 Å². The van der Waals surface area contributed by atoms with Crippen molar-refractivity contribution in [1.82, 2.24) is 14.9 Å². The molecule has 0 saturated heterocycles. The van der Waals surface area contributed by atoms with E-state index in [1.165, 1.54) is 6.07 Å². The topological polar surface area (TPSA) is 39.1 Å². The molecule has 2 rings (SSSR count). The van der Waals surface area contributed by atoms with Gasteiger partial charge in [-0.25, -0.2) is 9.37 Å². The highest BCUT2D eigenvalue weighted by Gasteiger charge is 2.06. The van der Waals surface area contributed by atoms with Gasteiger partial charge >= 0.3 is 0 Å². The van der Waals surface area contributed by atoms with Gasteiger partial charge in [0.15, 0.2) is 11.6 Å². The third-order valence-electron chi connectivity index (χ3n) is 2.87. The molecule has 1 N–H and O–H groups in total. The highest BCUT2D eigenvalue weighted by atomic mass is 19.1. The molecule has 19 heavy (non-hydrogen) atoms. The van der Waals surface area contributed by atoms with Gasteiger partial charge in [-0.05, 0) is 24.2 Å². The minimum atomic E-state index is -0.336. The smallest absolute Gasteiger partial charge is 0.165 e. The summed E-state index contributed by atoms with van der Waals surface area (Å²) in [6.07, 6.45) is 3.39. The summed E-state index contributed by atoms with van der Waals surface area (Å²) in [7, 11) is 1.88. The molecular formula is C14H18FN3O. The van der Waals surface area contributed by atoms with Crippen molar-refractivity contribution in [1.29, 1.82) is 0 Å². The van der Waals surface area contributed by atoms with Crippen LogP contribution in [0.2, 0.25) is 0 Å². The second kappa shape index (κ2) is 6.33. The Labute approximate surface area is 112 Å². The number of aryl methyl sites for hydroxylation is 1. The minimum absolute atomic E-state index is 0.265. The summed E-state index contributed by atoms with van der Waals surface area (Å²) in [5.74, 6) is -0.0704. The molecule has 0 bridgehead atoms. The molecule has 4 nitrogen and oxygen atoms in total. The number of nitrogens with zero attached hydrogens (tertiary/aromatic N) is 2. The maximum Gasteiger partial charge on any atom is 0.165 e. The molecule has 0 aliphatic rings. The molecule has 0 fully saturated rings. The van der Waals surface area contributed by atoms with Crippen molar-refractivity contribution in [3.8, 4) is 5.75 Å². The van der Waals surface area contributed by atoms with Crippen LogP contribution in [-0.4, -0.2) is 16.1 Å². The molecule has 0 amide bonds. The Hall–Kier alpha value is -1.88. The van der Waals surface area contributed by atoms with E-state index in [4.69, 9.17) is 4.74 Å². The van der Waals surface area contributed by atoms with E-state index in [9.17, 15) is 4.39 Å². The Kier molecular flexibility index (Phi) is 4.52. The first-order chi connectivity index (χ1) is 9.20. The molecule has 0 aliphatic carbocycles. The van der Waals surface area contributed by atoms with Crippen LogP contribution < -0.4 is 10.1 Å². The van der Waals surface area contributed by atoms with Crippen molar-refractivity contribution in [3.05, 3.63) is 47.8 Å². The average molecular weight is 263 g/mol. The maximum absolute atomic E-state index is 13.8. The fourth-order valence-electron chi connectivity index (χ4n) is 1.72. The Morgan fingerprint density at radius 3 is 2.89 bits per heavy atom. The van der Waals surface area contributed by atoms with Crippen LogP contribution >= 0.6 is 0 Å². The van der Waals surface area contributed by atoms with Crippen LogP contribution in [0.4, 0.5) is 4.39 Å². The normalized spacial score (nSPS) is 10.7. The van der Waals surface area contributed by atoms with Gasteiger partial charge in [-0.2, -0.15) is 0 Å². The molecule has 0 saturated carbocycles. The second-order valence-electron chi connectivity index (χ2n) is 4.33. The van der Waals surface area contributed by atoms with E-state index in [0.717, 1.165) is 17.8 Å². The van der Waals surface area contributed by atoms with Crippen LogP contribution in [0.25, 0.3) is 0 Å². The van der Waals surface area contributed by atoms with Gasteiger partial charge in [-0.1, -0.05) is 13.0 Å². The zero-order valence-corrected chi connectivity index (χ0v) is 11.2. The SMILES string of the molecule is CCNCc1ccc(OCc2cncn2C)c(F)c1. The summed E-state index contributed by atoms with van der Waals surface area (Å²) in [6.45, 7) is 3.84. The Morgan fingerprint density at radius 2 is 2.26 bits per heavy atom. The van der Waals surface area contributed by atoms with Crippen LogP contribution in [0.1, 0.15) is 18.2 Å². The van der Waals surface area contributed by atoms with Crippen LogP contribution in [0, 0.1) is 5.82 Å². The van der Waals surface area contributed by atoms with E-state index >= 15 is 0 Å². The molecule has 1 aromatic carbocycles. The number of hydrogen-bond donors (Lipinski definition) is 1. The number of nitrogens with one attached hydrogen (secondary N) is 1. The molecule has 1 heterocycles. The predicted molar refractivity (Wildman–Crippen MR) is 71.3 cm³/mol. The van der Waals surface area contributed by atoms with Crippen molar-refractivity contribution in [2.75, 3.05) is 6.54 Å². The van der Waals surface area contributed by atoms with Gasteiger partial charge in [0.25, 0.3) is 0 Å². The lowest BCUT2D eigenvalue weighted by Crippen LogP contribution is -2.12. The lowest BCUT2D eigenvalue weighted by atomic mass is 10.2. The van der Waals surface area contributed by atoms with Gasteiger partial charge in [0.2, 0.25) is 0 Å². The molecule has 0 radical (unpaired) electrons. The molecule has 1 aromatic heterocycles. The first-order valence-electron chi connectivity index (χ1n) is 6.28. The van der Waals surface area contributed by atoms with E-state index in [1.807, 2.05) is 24.6 Å². The third kappa shape index (κ3) is 3.54. The predicted octanol–water partition coefficient (Wildman–Crippen LogP) is 2.25. The Morgan fingerprint density at radius 1 is 1.42 bits per heavy atom. The Balaban J connectivity index is 1.99. The van der Waals surface area contributed by atoms with E-state index in [0.29, 0.717) is 13.2 Å². The molecule has 0 unspecified atom stereocenters. The number of halogens is 1. The zero-order chi connectivity index (χ0) is 13.7. The summed E-state index contributed by atoms with van der Waals surface area (Å²) >= 11 is 0. The Bertz CT molecular complexity index is 539. The monoisotopic (exact) mass is 263 g/mol. The summed E-state index contributed by atoms with van der Waals surface area (Å²) in [5, 5.41) is 3.15. The highest BCUT2D eigenvalue weighted by molar-refractivity contribution is 5.29. The standard InChI is InChI=1S/C14H18FN3O/c1-3-16-7-11-4-5-14(13(15)6-11)19-9-12-8-17-10-18(12)2/h4-6,8,10,16H,3,7,9H2,1-2H3. The zero-order valence-electron chi connectivity index (χ0n) is 11.2. The molecule has 102 valence electrons. The summed E-state index contributed by atoms with van der Waals surface area (Å²) in [6, 6.07) is 5.03. The number of benzene rings is 1. The lowest BCUT2D eigenvalue weighted by molar-refractivity contribution is 0.282. The molecule has 5 heteroatoms. The largest absolute Gasteiger partial charge is 0.484 e. The minimum Gasteiger partial charge on any atom is -0.484 e. The summed E-state index contributed by atoms with van der Waals surface area (Å²) in [4.78, 5) is 3.99. The number of imidazole rings is 1. The molecule has 2 aromatic rings. The lowest BCUT2D eigenvalue weighted by Gasteiger charge is -2.09. The van der Waals surface area contributed by atoms with Gasteiger partial charge in [0, 0.05) is 13.6 Å². The molecule has 0 aliphatic heterocycles.